The van der Waals surface area contributed by atoms with Gasteiger partial charge in [-0.1, -0.05) is 31.7 Å². The molecule has 0 fully saturated rings. The maximum atomic E-state index is 12.7. The van der Waals surface area contributed by atoms with E-state index in [1.807, 2.05) is 20.8 Å². The molecule has 9 heteroatoms. The first-order valence-corrected chi connectivity index (χ1v) is 11.8. The minimum absolute atomic E-state index is 0.138. The van der Waals surface area contributed by atoms with Gasteiger partial charge in [0.05, 0.1) is 15.8 Å². The molecule has 1 unspecified atom stereocenters. The van der Waals surface area contributed by atoms with Crippen molar-refractivity contribution in [2.24, 2.45) is 5.92 Å². The van der Waals surface area contributed by atoms with Gasteiger partial charge in [0.1, 0.15) is 0 Å². The molecule has 1 aromatic heterocycles. The number of benzene rings is 1. The van der Waals surface area contributed by atoms with Gasteiger partial charge in [-0.05, 0) is 44.9 Å². The fourth-order valence-corrected chi connectivity index (χ4v) is 4.65. The second-order valence-corrected chi connectivity index (χ2v) is 11.1. The Labute approximate surface area is 177 Å². The van der Waals surface area contributed by atoms with Gasteiger partial charge in [0.15, 0.2) is 5.16 Å². The quantitative estimate of drug-likeness (QED) is 0.638. The maximum Gasteiger partial charge on any atom is 0.242 e. The number of imidazole rings is 1. The molecule has 160 valence electrons. The zero-order valence-corrected chi connectivity index (χ0v) is 19.7. The molecule has 0 aliphatic rings. The number of hydrogen-bond donors (Lipinski definition) is 1. The Kier molecular flexibility index (Phi) is 7.53. The number of amides is 1. The van der Waals surface area contributed by atoms with Crippen molar-refractivity contribution in [2.75, 3.05) is 19.4 Å². The Morgan fingerprint density at radius 3 is 2.48 bits per heavy atom. The summed E-state index contributed by atoms with van der Waals surface area (Å²) in [6.07, 6.45) is 0. The Bertz CT molecular complexity index is 982. The van der Waals surface area contributed by atoms with Crippen LogP contribution in [0, 0.1) is 19.8 Å². The molecule has 1 amide bonds. The zero-order chi connectivity index (χ0) is 21.9. The van der Waals surface area contributed by atoms with Gasteiger partial charge in [0.25, 0.3) is 0 Å². The van der Waals surface area contributed by atoms with E-state index in [0.717, 1.165) is 27.4 Å². The van der Waals surface area contributed by atoms with E-state index < -0.39 is 15.3 Å². The topological polar surface area (TPSA) is 84.3 Å². The van der Waals surface area contributed by atoms with E-state index in [0.29, 0.717) is 11.6 Å². The third kappa shape index (κ3) is 5.61. The van der Waals surface area contributed by atoms with Crippen LogP contribution in [0.1, 0.15) is 32.2 Å². The molecule has 0 saturated carbocycles. The number of thioether (sulfide) groups is 1. The first-order chi connectivity index (χ1) is 13.4. The van der Waals surface area contributed by atoms with E-state index in [1.54, 1.807) is 12.1 Å². The third-order valence-electron chi connectivity index (χ3n) is 4.50. The first kappa shape index (κ1) is 23.4. The summed E-state index contributed by atoms with van der Waals surface area (Å²) in [5.41, 5.74) is 2.51. The van der Waals surface area contributed by atoms with Crippen molar-refractivity contribution in [3.8, 4) is 0 Å². The van der Waals surface area contributed by atoms with E-state index in [2.05, 4.69) is 28.7 Å². The fraction of sp³-hybridized carbons (Fsp3) is 0.500. The summed E-state index contributed by atoms with van der Waals surface area (Å²) in [5.74, 6) is 0.260. The summed E-state index contributed by atoms with van der Waals surface area (Å²) >= 11 is 1.40. The molecule has 0 aliphatic carbocycles. The first-order valence-electron chi connectivity index (χ1n) is 9.47. The minimum atomic E-state index is -3.56. The lowest BCUT2D eigenvalue weighted by Crippen LogP contribution is -2.24. The van der Waals surface area contributed by atoms with E-state index in [4.69, 9.17) is 0 Å². The molecule has 0 saturated heterocycles. The van der Waals surface area contributed by atoms with E-state index >= 15 is 0 Å². The van der Waals surface area contributed by atoms with Gasteiger partial charge >= 0.3 is 0 Å². The number of aromatic nitrogens is 2. The SMILES string of the molecule is Cc1nc(SC(C)C(=O)Nc2cccc(S(=O)(=O)N(C)C)c2)n(CC(C)C)c1C. The van der Waals surface area contributed by atoms with Crippen molar-refractivity contribution in [1.82, 2.24) is 13.9 Å². The van der Waals surface area contributed by atoms with Gasteiger partial charge in [0, 0.05) is 32.0 Å². The van der Waals surface area contributed by atoms with Crippen molar-refractivity contribution in [1.29, 1.82) is 0 Å². The molecule has 29 heavy (non-hydrogen) atoms. The summed E-state index contributed by atoms with van der Waals surface area (Å²) in [5, 5.41) is 3.24. The lowest BCUT2D eigenvalue weighted by Gasteiger charge is -2.16. The van der Waals surface area contributed by atoms with Crippen LogP contribution in [0.3, 0.4) is 0 Å². The van der Waals surface area contributed by atoms with Crippen LogP contribution in [0.15, 0.2) is 34.3 Å². The van der Waals surface area contributed by atoms with Crippen LogP contribution < -0.4 is 5.32 Å². The van der Waals surface area contributed by atoms with Crippen LogP contribution in [0.4, 0.5) is 5.69 Å². The zero-order valence-electron chi connectivity index (χ0n) is 18.1. The number of carbonyl (C=O) groups excluding carboxylic acids is 1. The van der Waals surface area contributed by atoms with Crippen LogP contribution in [0.5, 0.6) is 0 Å². The Balaban J connectivity index is 2.16. The lowest BCUT2D eigenvalue weighted by atomic mass is 10.2. The molecule has 0 radical (unpaired) electrons. The van der Waals surface area contributed by atoms with Crippen LogP contribution in [-0.4, -0.2) is 47.5 Å². The monoisotopic (exact) mass is 438 g/mol. The summed E-state index contributed by atoms with van der Waals surface area (Å²) in [7, 11) is -0.610. The van der Waals surface area contributed by atoms with E-state index in [-0.39, 0.29) is 10.8 Å². The van der Waals surface area contributed by atoms with Crippen molar-refractivity contribution in [3.63, 3.8) is 0 Å². The number of anilines is 1. The third-order valence-corrected chi connectivity index (χ3v) is 7.40. The number of rotatable bonds is 8. The van der Waals surface area contributed by atoms with Crippen LogP contribution in [0.2, 0.25) is 0 Å². The highest BCUT2D eigenvalue weighted by Gasteiger charge is 2.22. The molecular formula is C20H30N4O3S2. The van der Waals surface area contributed by atoms with Crippen molar-refractivity contribution >= 4 is 33.4 Å². The molecule has 2 aromatic rings. The predicted octanol–water partition coefficient (Wildman–Crippen LogP) is 3.53. The van der Waals surface area contributed by atoms with Gasteiger partial charge < -0.3 is 9.88 Å². The second-order valence-electron chi connectivity index (χ2n) is 7.63. The van der Waals surface area contributed by atoms with Gasteiger partial charge in [0.2, 0.25) is 15.9 Å². The van der Waals surface area contributed by atoms with Gasteiger partial charge in [-0.25, -0.2) is 17.7 Å². The Morgan fingerprint density at radius 1 is 1.24 bits per heavy atom. The highest BCUT2D eigenvalue weighted by molar-refractivity contribution is 8.00. The number of nitrogens with one attached hydrogen (secondary N) is 1. The average molecular weight is 439 g/mol. The molecule has 1 heterocycles. The summed E-state index contributed by atoms with van der Waals surface area (Å²) < 4.78 is 27.9. The average Bonchev–Trinajstić information content (AvgIpc) is 2.88. The largest absolute Gasteiger partial charge is 0.325 e. The fourth-order valence-electron chi connectivity index (χ4n) is 2.69. The van der Waals surface area contributed by atoms with Crippen molar-refractivity contribution < 1.29 is 13.2 Å². The molecule has 1 atom stereocenters. The number of sulfonamides is 1. The number of nitrogens with zero attached hydrogens (tertiary/aromatic N) is 3. The van der Waals surface area contributed by atoms with Crippen molar-refractivity contribution in [3.05, 3.63) is 35.7 Å². The number of carbonyl (C=O) groups is 1. The molecule has 2 rings (SSSR count). The maximum absolute atomic E-state index is 12.7. The van der Waals surface area contributed by atoms with Gasteiger partial charge in [-0.15, -0.1) is 0 Å². The Morgan fingerprint density at radius 2 is 1.90 bits per heavy atom. The summed E-state index contributed by atoms with van der Waals surface area (Å²) in [4.78, 5) is 17.5. The highest BCUT2D eigenvalue weighted by Crippen LogP contribution is 2.27. The Hall–Kier alpha value is -1.84. The molecule has 0 spiro atoms. The molecular weight excluding hydrogens is 408 g/mol. The van der Waals surface area contributed by atoms with Crippen LogP contribution in [0.25, 0.3) is 0 Å². The van der Waals surface area contributed by atoms with Gasteiger partial charge in [-0.2, -0.15) is 0 Å². The lowest BCUT2D eigenvalue weighted by molar-refractivity contribution is -0.115. The number of aryl methyl sites for hydroxylation is 1. The molecule has 0 aliphatic heterocycles. The number of hydrogen-bond acceptors (Lipinski definition) is 5. The standard InChI is InChI=1S/C20H30N4O3S2/c1-13(2)12-24-15(4)14(3)21-20(24)28-16(5)19(25)22-17-9-8-10-18(11-17)29(26,27)23(6)7/h8-11,13,16H,12H2,1-7H3,(H,22,25). The summed E-state index contributed by atoms with van der Waals surface area (Å²) in [6, 6.07) is 6.28. The van der Waals surface area contributed by atoms with E-state index in [9.17, 15) is 13.2 Å². The molecule has 1 N–H and O–H groups in total. The van der Waals surface area contributed by atoms with E-state index in [1.165, 1.54) is 38.0 Å². The van der Waals surface area contributed by atoms with Gasteiger partial charge in [-0.3, -0.25) is 4.79 Å². The minimum Gasteiger partial charge on any atom is -0.325 e. The molecule has 1 aromatic carbocycles. The van der Waals surface area contributed by atoms with Crippen molar-refractivity contribution in [2.45, 2.75) is 56.5 Å². The highest BCUT2D eigenvalue weighted by atomic mass is 32.2. The normalized spacial score (nSPS) is 13.1. The molecule has 7 nitrogen and oxygen atoms in total. The van der Waals surface area contributed by atoms with Crippen LogP contribution >= 0.6 is 11.8 Å². The summed E-state index contributed by atoms with van der Waals surface area (Å²) in [6.45, 7) is 11.0. The predicted molar refractivity (Wildman–Crippen MR) is 118 cm³/mol. The molecule has 0 bridgehead atoms. The smallest absolute Gasteiger partial charge is 0.242 e. The van der Waals surface area contributed by atoms with Crippen LogP contribution in [-0.2, 0) is 21.4 Å². The second kappa shape index (κ2) is 9.32.